The molecule has 1 atom stereocenters. The lowest BCUT2D eigenvalue weighted by Crippen LogP contribution is -2.37. The third-order valence-electron chi connectivity index (χ3n) is 3.64. The summed E-state index contributed by atoms with van der Waals surface area (Å²) in [7, 11) is 3.33. The van der Waals surface area contributed by atoms with Crippen molar-refractivity contribution in [1.29, 1.82) is 0 Å². The highest BCUT2D eigenvalue weighted by molar-refractivity contribution is 6.42. The SMILES string of the molecule is COc1ccc(OCC(O)CN(C)CC(=O)Nc2ccc(Cl)c(Cl)c2)cc1. The van der Waals surface area contributed by atoms with Gasteiger partial charge in [0.25, 0.3) is 0 Å². The van der Waals surface area contributed by atoms with Gasteiger partial charge in [0.15, 0.2) is 0 Å². The zero-order valence-electron chi connectivity index (χ0n) is 15.1. The molecule has 0 aliphatic heterocycles. The number of methoxy groups -OCH3 is 1. The summed E-state index contributed by atoms with van der Waals surface area (Å²) in [5.41, 5.74) is 0.561. The molecule has 0 saturated carbocycles. The molecule has 0 aromatic heterocycles. The third-order valence-corrected chi connectivity index (χ3v) is 4.38. The fraction of sp³-hybridized carbons (Fsp3) is 0.316. The topological polar surface area (TPSA) is 71.0 Å². The number of ether oxygens (including phenoxy) is 2. The highest BCUT2D eigenvalue weighted by atomic mass is 35.5. The van der Waals surface area contributed by atoms with Crippen molar-refractivity contribution < 1.29 is 19.4 Å². The van der Waals surface area contributed by atoms with Crippen LogP contribution in [0.3, 0.4) is 0 Å². The third kappa shape index (κ3) is 7.27. The first kappa shape index (κ1) is 21.3. The minimum Gasteiger partial charge on any atom is -0.497 e. The standard InChI is InChI=1S/C19H22Cl2N2O4/c1-23(11-19(25)22-13-3-8-17(20)18(21)9-13)10-14(24)12-27-16-6-4-15(26-2)5-7-16/h3-9,14,24H,10-12H2,1-2H3,(H,22,25). The van der Waals surface area contributed by atoms with Crippen molar-refractivity contribution in [3.8, 4) is 11.5 Å². The van der Waals surface area contributed by atoms with E-state index in [1.54, 1.807) is 61.5 Å². The van der Waals surface area contributed by atoms with E-state index in [-0.39, 0.29) is 25.6 Å². The van der Waals surface area contributed by atoms with E-state index in [1.807, 2.05) is 0 Å². The number of benzene rings is 2. The summed E-state index contributed by atoms with van der Waals surface area (Å²) in [4.78, 5) is 13.8. The van der Waals surface area contributed by atoms with E-state index in [9.17, 15) is 9.90 Å². The number of aliphatic hydroxyl groups is 1. The van der Waals surface area contributed by atoms with Gasteiger partial charge in [-0.3, -0.25) is 9.69 Å². The molecule has 0 radical (unpaired) electrons. The maximum atomic E-state index is 12.1. The van der Waals surface area contributed by atoms with Crippen molar-refractivity contribution in [2.75, 3.05) is 39.2 Å². The number of hydrogen-bond donors (Lipinski definition) is 2. The summed E-state index contributed by atoms with van der Waals surface area (Å²) >= 11 is 11.8. The number of aliphatic hydroxyl groups excluding tert-OH is 1. The quantitative estimate of drug-likeness (QED) is 0.660. The van der Waals surface area contributed by atoms with Gasteiger partial charge in [0.05, 0.1) is 23.7 Å². The lowest BCUT2D eigenvalue weighted by molar-refractivity contribution is -0.117. The monoisotopic (exact) mass is 412 g/mol. The summed E-state index contributed by atoms with van der Waals surface area (Å²) in [5, 5.41) is 13.6. The van der Waals surface area contributed by atoms with E-state index < -0.39 is 6.10 Å². The van der Waals surface area contributed by atoms with E-state index in [0.717, 1.165) is 5.75 Å². The van der Waals surface area contributed by atoms with E-state index in [4.69, 9.17) is 32.7 Å². The Kier molecular flexibility index (Phi) is 8.19. The normalized spacial score (nSPS) is 11.9. The molecule has 8 heteroatoms. The van der Waals surface area contributed by atoms with Gasteiger partial charge in [-0.05, 0) is 49.5 Å². The average molecular weight is 413 g/mol. The zero-order chi connectivity index (χ0) is 19.8. The molecule has 2 aromatic carbocycles. The van der Waals surface area contributed by atoms with Gasteiger partial charge in [0.2, 0.25) is 5.91 Å². The van der Waals surface area contributed by atoms with Crippen LogP contribution < -0.4 is 14.8 Å². The van der Waals surface area contributed by atoms with Gasteiger partial charge in [-0.2, -0.15) is 0 Å². The fourth-order valence-electron chi connectivity index (χ4n) is 2.36. The molecule has 146 valence electrons. The highest BCUT2D eigenvalue weighted by Gasteiger charge is 2.13. The van der Waals surface area contributed by atoms with Gasteiger partial charge >= 0.3 is 0 Å². The van der Waals surface area contributed by atoms with Crippen LogP contribution in [0.5, 0.6) is 11.5 Å². The second-order valence-corrected chi connectivity index (χ2v) is 6.83. The Bertz CT molecular complexity index is 756. The Labute approximate surface area is 168 Å². The molecule has 2 rings (SSSR count). The highest BCUT2D eigenvalue weighted by Crippen LogP contribution is 2.25. The lowest BCUT2D eigenvalue weighted by atomic mass is 10.3. The second-order valence-electron chi connectivity index (χ2n) is 6.01. The van der Waals surface area contributed by atoms with Crippen LogP contribution in [0.2, 0.25) is 10.0 Å². The minimum absolute atomic E-state index is 0.111. The molecule has 0 saturated heterocycles. The number of carbonyl (C=O) groups excluding carboxylic acids is 1. The lowest BCUT2D eigenvalue weighted by Gasteiger charge is -2.20. The number of hydrogen-bond acceptors (Lipinski definition) is 5. The number of likely N-dealkylation sites (N-methyl/N-ethyl adjacent to an activating group) is 1. The van der Waals surface area contributed by atoms with Crippen molar-refractivity contribution in [2.24, 2.45) is 0 Å². The molecular formula is C19H22Cl2N2O4. The molecule has 0 aliphatic carbocycles. The molecule has 6 nitrogen and oxygen atoms in total. The fourth-order valence-corrected chi connectivity index (χ4v) is 2.66. The maximum Gasteiger partial charge on any atom is 0.238 e. The van der Waals surface area contributed by atoms with Crippen molar-refractivity contribution in [1.82, 2.24) is 4.90 Å². The van der Waals surface area contributed by atoms with Gasteiger partial charge in [-0.25, -0.2) is 0 Å². The van der Waals surface area contributed by atoms with Gasteiger partial charge < -0.3 is 19.9 Å². The number of rotatable bonds is 9. The van der Waals surface area contributed by atoms with Crippen LogP contribution in [0.25, 0.3) is 0 Å². The predicted molar refractivity (Wildman–Crippen MR) is 107 cm³/mol. The largest absolute Gasteiger partial charge is 0.497 e. The van der Waals surface area contributed by atoms with Gasteiger partial charge in [0.1, 0.15) is 24.2 Å². The van der Waals surface area contributed by atoms with Crippen molar-refractivity contribution in [3.05, 3.63) is 52.5 Å². The molecule has 1 amide bonds. The molecule has 2 N–H and O–H groups in total. The summed E-state index contributed by atoms with van der Waals surface area (Å²) in [6.45, 7) is 0.510. The number of amides is 1. The molecule has 0 heterocycles. The van der Waals surface area contributed by atoms with E-state index in [0.29, 0.717) is 21.5 Å². The molecule has 1 unspecified atom stereocenters. The molecule has 2 aromatic rings. The molecular weight excluding hydrogens is 391 g/mol. The van der Waals surface area contributed by atoms with Crippen LogP contribution in [0.1, 0.15) is 0 Å². The van der Waals surface area contributed by atoms with Crippen molar-refractivity contribution in [2.45, 2.75) is 6.10 Å². The number of nitrogens with one attached hydrogen (secondary N) is 1. The first-order valence-corrected chi connectivity index (χ1v) is 9.01. The van der Waals surface area contributed by atoms with Crippen LogP contribution >= 0.6 is 23.2 Å². The average Bonchev–Trinajstić information content (AvgIpc) is 2.63. The van der Waals surface area contributed by atoms with Crippen molar-refractivity contribution in [3.63, 3.8) is 0 Å². The van der Waals surface area contributed by atoms with Crippen LogP contribution in [0.15, 0.2) is 42.5 Å². The number of halogens is 2. The predicted octanol–water partition coefficient (Wildman–Crippen LogP) is 3.31. The first-order valence-electron chi connectivity index (χ1n) is 8.25. The minimum atomic E-state index is -0.741. The zero-order valence-corrected chi connectivity index (χ0v) is 16.6. The molecule has 27 heavy (non-hydrogen) atoms. The Morgan fingerprint density at radius 2 is 1.81 bits per heavy atom. The van der Waals surface area contributed by atoms with E-state index in [1.165, 1.54) is 0 Å². The Morgan fingerprint density at radius 1 is 1.15 bits per heavy atom. The van der Waals surface area contributed by atoms with Crippen LogP contribution in [-0.4, -0.2) is 55.9 Å². The van der Waals surface area contributed by atoms with Gasteiger partial charge in [0, 0.05) is 12.2 Å². The van der Waals surface area contributed by atoms with Crippen LogP contribution in [0, 0.1) is 0 Å². The van der Waals surface area contributed by atoms with E-state index >= 15 is 0 Å². The smallest absolute Gasteiger partial charge is 0.238 e. The number of anilines is 1. The van der Waals surface area contributed by atoms with Gasteiger partial charge in [-0.15, -0.1) is 0 Å². The van der Waals surface area contributed by atoms with Crippen molar-refractivity contribution >= 4 is 34.8 Å². The maximum absolute atomic E-state index is 12.1. The summed E-state index contributed by atoms with van der Waals surface area (Å²) < 4.78 is 10.6. The molecule has 0 spiro atoms. The molecule has 0 aliphatic rings. The number of nitrogens with zero attached hydrogens (tertiary/aromatic N) is 1. The van der Waals surface area contributed by atoms with Gasteiger partial charge in [-0.1, -0.05) is 23.2 Å². The Balaban J connectivity index is 1.73. The second kappa shape index (κ2) is 10.4. The molecule has 0 fully saturated rings. The summed E-state index contributed by atoms with van der Waals surface area (Å²) in [6.07, 6.45) is -0.741. The number of carbonyl (C=O) groups is 1. The first-order chi connectivity index (χ1) is 12.9. The Hall–Kier alpha value is -1.99. The summed E-state index contributed by atoms with van der Waals surface area (Å²) in [5.74, 6) is 1.14. The van der Waals surface area contributed by atoms with E-state index in [2.05, 4.69) is 5.32 Å². The summed E-state index contributed by atoms with van der Waals surface area (Å²) in [6, 6.07) is 12.0. The van der Waals surface area contributed by atoms with Crippen LogP contribution in [0.4, 0.5) is 5.69 Å². The Morgan fingerprint density at radius 3 is 2.44 bits per heavy atom. The van der Waals surface area contributed by atoms with Crippen LogP contribution in [-0.2, 0) is 4.79 Å². The molecule has 0 bridgehead atoms.